The second-order valence-electron chi connectivity index (χ2n) is 6.60. The molecular weight excluding hydrogens is 376 g/mol. The molecule has 0 bridgehead atoms. The van der Waals surface area contributed by atoms with Crippen LogP contribution in [0.1, 0.15) is 5.82 Å². The van der Waals surface area contributed by atoms with Crippen molar-refractivity contribution in [1.82, 2.24) is 14.5 Å². The molecule has 1 N–H and O–H groups in total. The van der Waals surface area contributed by atoms with Crippen molar-refractivity contribution in [3.63, 3.8) is 0 Å². The molecule has 4 aromatic rings. The van der Waals surface area contributed by atoms with Gasteiger partial charge in [-0.2, -0.15) is 0 Å². The van der Waals surface area contributed by atoms with Crippen molar-refractivity contribution in [2.75, 3.05) is 11.6 Å². The lowest BCUT2D eigenvalue weighted by Gasteiger charge is -2.11. The highest BCUT2D eigenvalue weighted by atomic mass is 32.2. The molecule has 7 nitrogen and oxygen atoms in total. The molecule has 2 aromatic carbocycles. The summed E-state index contributed by atoms with van der Waals surface area (Å²) >= 11 is 0. The molecule has 0 unspecified atom stereocenters. The molecule has 0 aliphatic rings. The molecule has 142 valence electrons. The summed E-state index contributed by atoms with van der Waals surface area (Å²) in [5.41, 5.74) is 2.68. The number of rotatable bonds is 5. The third-order valence-electron chi connectivity index (χ3n) is 4.33. The molecule has 2 aromatic heterocycles. The normalized spacial score (nSPS) is 11.8. The molecule has 0 fully saturated rings. The largest absolute Gasteiger partial charge is 0.323 e. The standard InChI is InChI=1S/C20H18N4O3S/c1-28(26,27)13-18-22-15-8-2-3-10-17(15)24(18)12-19(25)23-16-9-4-6-14-7-5-11-21-20(14)16/h2-11H,12-13H2,1H3,(H,23,25). The smallest absolute Gasteiger partial charge is 0.244 e. The summed E-state index contributed by atoms with van der Waals surface area (Å²) in [4.78, 5) is 21.5. The summed E-state index contributed by atoms with van der Waals surface area (Å²) in [7, 11) is -3.30. The fourth-order valence-electron chi connectivity index (χ4n) is 3.18. The molecule has 1 amide bonds. The molecule has 2 heterocycles. The van der Waals surface area contributed by atoms with Gasteiger partial charge in [0, 0.05) is 17.8 Å². The number of carbonyl (C=O) groups excluding carboxylic acids is 1. The lowest BCUT2D eigenvalue weighted by atomic mass is 10.2. The number of fused-ring (bicyclic) bond motifs is 2. The minimum atomic E-state index is -3.30. The summed E-state index contributed by atoms with van der Waals surface area (Å²) in [5.74, 6) is -0.170. The number of amides is 1. The first kappa shape index (κ1) is 18.1. The van der Waals surface area contributed by atoms with Crippen molar-refractivity contribution in [3.05, 3.63) is 66.6 Å². The zero-order valence-electron chi connectivity index (χ0n) is 15.2. The first-order valence-electron chi connectivity index (χ1n) is 8.66. The van der Waals surface area contributed by atoms with E-state index in [2.05, 4.69) is 15.3 Å². The number of imidazole rings is 1. The Morgan fingerprint density at radius 1 is 1.07 bits per heavy atom. The Hall–Kier alpha value is -3.26. The van der Waals surface area contributed by atoms with E-state index in [9.17, 15) is 13.2 Å². The van der Waals surface area contributed by atoms with Crippen LogP contribution in [-0.4, -0.2) is 35.1 Å². The molecule has 0 aliphatic heterocycles. The van der Waals surface area contributed by atoms with E-state index in [4.69, 9.17) is 0 Å². The summed E-state index contributed by atoms with van der Waals surface area (Å²) in [5, 5.41) is 3.80. The monoisotopic (exact) mass is 394 g/mol. The predicted molar refractivity (Wildman–Crippen MR) is 109 cm³/mol. The Morgan fingerprint density at radius 3 is 2.68 bits per heavy atom. The van der Waals surface area contributed by atoms with Gasteiger partial charge in [0.2, 0.25) is 5.91 Å². The molecule has 0 atom stereocenters. The number of benzene rings is 2. The van der Waals surface area contributed by atoms with E-state index in [1.54, 1.807) is 22.9 Å². The molecule has 0 saturated heterocycles. The van der Waals surface area contributed by atoms with Gasteiger partial charge in [-0.1, -0.05) is 30.3 Å². The lowest BCUT2D eigenvalue weighted by molar-refractivity contribution is -0.116. The topological polar surface area (TPSA) is 94.0 Å². The Bertz CT molecular complexity index is 1290. The molecule has 28 heavy (non-hydrogen) atoms. The summed E-state index contributed by atoms with van der Waals surface area (Å²) in [6.45, 7) is -0.0470. The van der Waals surface area contributed by atoms with Gasteiger partial charge in [-0.15, -0.1) is 0 Å². The number of anilines is 1. The van der Waals surface area contributed by atoms with E-state index in [-0.39, 0.29) is 18.2 Å². The van der Waals surface area contributed by atoms with Crippen LogP contribution in [0.15, 0.2) is 60.8 Å². The fourth-order valence-corrected chi connectivity index (χ4v) is 3.87. The Kier molecular flexibility index (Phi) is 4.56. The van der Waals surface area contributed by atoms with Crippen LogP contribution in [0.25, 0.3) is 21.9 Å². The molecular formula is C20H18N4O3S. The summed E-state index contributed by atoms with van der Waals surface area (Å²) in [6, 6.07) is 16.6. The van der Waals surface area contributed by atoms with Crippen molar-refractivity contribution in [3.8, 4) is 0 Å². The average Bonchev–Trinajstić information content (AvgIpc) is 2.97. The van der Waals surface area contributed by atoms with E-state index in [0.717, 1.165) is 11.6 Å². The minimum Gasteiger partial charge on any atom is -0.323 e. The van der Waals surface area contributed by atoms with Crippen molar-refractivity contribution in [2.45, 2.75) is 12.3 Å². The average molecular weight is 394 g/mol. The van der Waals surface area contributed by atoms with Gasteiger partial charge >= 0.3 is 0 Å². The highest BCUT2D eigenvalue weighted by molar-refractivity contribution is 7.89. The highest BCUT2D eigenvalue weighted by Crippen LogP contribution is 2.22. The molecule has 0 aliphatic carbocycles. The van der Waals surface area contributed by atoms with Crippen molar-refractivity contribution in [2.24, 2.45) is 0 Å². The van der Waals surface area contributed by atoms with Crippen LogP contribution < -0.4 is 5.32 Å². The van der Waals surface area contributed by atoms with E-state index in [1.807, 2.05) is 42.5 Å². The van der Waals surface area contributed by atoms with Crippen molar-refractivity contribution < 1.29 is 13.2 Å². The van der Waals surface area contributed by atoms with Crippen molar-refractivity contribution >= 4 is 43.4 Å². The van der Waals surface area contributed by atoms with Crippen LogP contribution >= 0.6 is 0 Å². The van der Waals surface area contributed by atoms with Gasteiger partial charge in [0.25, 0.3) is 0 Å². The van der Waals surface area contributed by atoms with Crippen molar-refractivity contribution in [1.29, 1.82) is 0 Å². The maximum absolute atomic E-state index is 12.7. The molecule has 0 spiro atoms. The number of nitrogens with zero attached hydrogens (tertiary/aromatic N) is 3. The Labute approximate surface area is 162 Å². The maximum atomic E-state index is 12.7. The first-order valence-corrected chi connectivity index (χ1v) is 10.7. The second kappa shape index (κ2) is 7.05. The number of pyridine rings is 1. The zero-order valence-corrected chi connectivity index (χ0v) is 16.0. The molecule has 0 saturated carbocycles. The molecule has 8 heteroatoms. The predicted octanol–water partition coefficient (Wildman–Crippen LogP) is 2.77. The maximum Gasteiger partial charge on any atom is 0.244 e. The summed E-state index contributed by atoms with van der Waals surface area (Å²) in [6.07, 6.45) is 2.82. The number of hydrogen-bond acceptors (Lipinski definition) is 5. The molecule has 0 radical (unpaired) electrons. The number of para-hydroxylation sites is 3. The fraction of sp³-hybridized carbons (Fsp3) is 0.150. The Morgan fingerprint density at radius 2 is 1.86 bits per heavy atom. The Balaban J connectivity index is 1.67. The van der Waals surface area contributed by atoms with E-state index >= 15 is 0 Å². The van der Waals surface area contributed by atoms with Crippen LogP contribution in [0.3, 0.4) is 0 Å². The highest BCUT2D eigenvalue weighted by Gasteiger charge is 2.17. The third-order valence-corrected chi connectivity index (χ3v) is 5.12. The van der Waals surface area contributed by atoms with E-state index < -0.39 is 9.84 Å². The number of hydrogen-bond donors (Lipinski definition) is 1. The van der Waals surface area contributed by atoms with Gasteiger partial charge in [-0.25, -0.2) is 13.4 Å². The van der Waals surface area contributed by atoms with Gasteiger partial charge in [0.15, 0.2) is 9.84 Å². The second-order valence-corrected chi connectivity index (χ2v) is 8.74. The first-order chi connectivity index (χ1) is 13.4. The molecule has 4 rings (SSSR count). The van der Waals surface area contributed by atoms with Gasteiger partial charge in [0.1, 0.15) is 18.1 Å². The van der Waals surface area contributed by atoms with Crippen LogP contribution in [0.4, 0.5) is 5.69 Å². The van der Waals surface area contributed by atoms with Gasteiger partial charge in [0.05, 0.1) is 22.2 Å². The van der Waals surface area contributed by atoms with Crippen LogP contribution in [0.5, 0.6) is 0 Å². The number of nitrogens with one attached hydrogen (secondary N) is 1. The SMILES string of the molecule is CS(=O)(=O)Cc1nc2ccccc2n1CC(=O)Nc1cccc2cccnc12. The third kappa shape index (κ3) is 3.72. The number of carbonyl (C=O) groups is 1. The lowest BCUT2D eigenvalue weighted by Crippen LogP contribution is -2.21. The zero-order chi connectivity index (χ0) is 19.7. The van der Waals surface area contributed by atoms with Crippen LogP contribution in [-0.2, 0) is 26.9 Å². The quantitative estimate of drug-likeness (QED) is 0.562. The van der Waals surface area contributed by atoms with Gasteiger partial charge < -0.3 is 9.88 Å². The summed E-state index contributed by atoms with van der Waals surface area (Å²) < 4.78 is 25.2. The van der Waals surface area contributed by atoms with Crippen LogP contribution in [0.2, 0.25) is 0 Å². The van der Waals surface area contributed by atoms with Crippen LogP contribution in [0, 0.1) is 0 Å². The van der Waals surface area contributed by atoms with E-state index in [0.29, 0.717) is 28.1 Å². The van der Waals surface area contributed by atoms with Gasteiger partial charge in [-0.3, -0.25) is 9.78 Å². The number of aromatic nitrogens is 3. The van der Waals surface area contributed by atoms with Gasteiger partial charge in [-0.05, 0) is 24.3 Å². The number of sulfone groups is 1. The minimum absolute atomic E-state index is 0.0470. The van der Waals surface area contributed by atoms with E-state index in [1.165, 1.54) is 0 Å².